The van der Waals surface area contributed by atoms with Crippen molar-refractivity contribution in [3.8, 4) is 11.9 Å². The van der Waals surface area contributed by atoms with Gasteiger partial charge < -0.3 is 19.1 Å². The molecular formula is C31H28FN5O4. The van der Waals surface area contributed by atoms with E-state index in [1.54, 1.807) is 36.4 Å². The first kappa shape index (κ1) is 25.6. The molecular weight excluding hydrogens is 525 g/mol. The Morgan fingerprint density at radius 3 is 2.85 bits per heavy atom. The molecule has 2 aromatic heterocycles. The zero-order valence-electron chi connectivity index (χ0n) is 22.3. The standard InChI is InChI=1S/C31H28FN5O4/c32-24-10-19(13-33)4-5-21(24)17-41-29-3-1-2-27(35-29)31-12-22(31)14-36(18-31)16-28-34-25-7-6-20(30(38)39)11-26(25)37(28)15-23-8-9-40-23/h1-7,10-11,22-23H,8-9,12,14-18H2,(H,38,39)/t22?,23-,31?/m0/s1. The molecule has 2 aromatic carbocycles. The van der Waals surface area contributed by atoms with Crippen LogP contribution in [0.2, 0.25) is 0 Å². The third-order valence-electron chi connectivity index (χ3n) is 8.63. The lowest BCUT2D eigenvalue weighted by atomic mass is 10.0. The summed E-state index contributed by atoms with van der Waals surface area (Å²) in [6.07, 6.45) is 2.15. The Kier molecular flexibility index (Phi) is 6.21. The van der Waals surface area contributed by atoms with E-state index in [0.29, 0.717) is 30.5 Å². The Hall–Kier alpha value is -4.33. The van der Waals surface area contributed by atoms with E-state index in [1.807, 2.05) is 18.2 Å². The first-order valence-corrected chi connectivity index (χ1v) is 13.8. The van der Waals surface area contributed by atoms with Crippen LogP contribution in [0, 0.1) is 23.1 Å². The number of carbonyl (C=O) groups is 1. The van der Waals surface area contributed by atoms with E-state index in [-0.39, 0.29) is 29.3 Å². The number of imidazole rings is 1. The van der Waals surface area contributed by atoms with Gasteiger partial charge in [0.15, 0.2) is 0 Å². The van der Waals surface area contributed by atoms with Crippen molar-refractivity contribution in [3.05, 3.63) is 88.6 Å². The topological polar surface area (TPSA) is 114 Å². The summed E-state index contributed by atoms with van der Waals surface area (Å²) < 4.78 is 28.0. The molecule has 41 heavy (non-hydrogen) atoms. The molecule has 1 aliphatic carbocycles. The second-order valence-electron chi connectivity index (χ2n) is 11.2. The highest BCUT2D eigenvalue weighted by Crippen LogP contribution is 2.58. The highest BCUT2D eigenvalue weighted by atomic mass is 19.1. The van der Waals surface area contributed by atoms with Crippen LogP contribution in [0.3, 0.4) is 0 Å². The van der Waals surface area contributed by atoms with Gasteiger partial charge in [0.2, 0.25) is 5.88 Å². The first-order chi connectivity index (χ1) is 19.9. The second kappa shape index (κ2) is 9.94. The minimum Gasteiger partial charge on any atom is -0.478 e. The van der Waals surface area contributed by atoms with Gasteiger partial charge in [0, 0.05) is 36.7 Å². The first-order valence-electron chi connectivity index (χ1n) is 13.8. The third-order valence-corrected chi connectivity index (χ3v) is 8.63. The lowest BCUT2D eigenvalue weighted by molar-refractivity contribution is -0.0591. The number of carboxylic acid groups (broad SMARTS) is 1. The molecule has 1 saturated carbocycles. The van der Waals surface area contributed by atoms with Crippen LogP contribution < -0.4 is 4.74 Å². The normalized spacial score (nSPS) is 23.1. The average molecular weight is 554 g/mol. The maximum absolute atomic E-state index is 14.3. The molecule has 10 heteroatoms. The molecule has 3 atom stereocenters. The summed E-state index contributed by atoms with van der Waals surface area (Å²) in [7, 11) is 0. The zero-order valence-corrected chi connectivity index (χ0v) is 22.3. The maximum Gasteiger partial charge on any atom is 0.335 e. The zero-order chi connectivity index (χ0) is 28.1. The van der Waals surface area contributed by atoms with E-state index in [2.05, 4.69) is 9.47 Å². The number of nitriles is 1. The van der Waals surface area contributed by atoms with Crippen molar-refractivity contribution in [2.45, 2.75) is 44.1 Å². The second-order valence-corrected chi connectivity index (χ2v) is 11.2. The molecule has 2 saturated heterocycles. The van der Waals surface area contributed by atoms with E-state index in [1.165, 1.54) is 6.07 Å². The largest absolute Gasteiger partial charge is 0.478 e. The van der Waals surface area contributed by atoms with Gasteiger partial charge in [-0.3, -0.25) is 4.90 Å². The lowest BCUT2D eigenvalue weighted by Gasteiger charge is -2.28. The molecule has 2 aliphatic heterocycles. The number of pyridine rings is 1. The molecule has 3 fully saturated rings. The van der Waals surface area contributed by atoms with Gasteiger partial charge in [-0.2, -0.15) is 5.26 Å². The number of carboxylic acids is 1. The number of nitrogens with zero attached hydrogens (tertiary/aromatic N) is 5. The highest BCUT2D eigenvalue weighted by molar-refractivity contribution is 5.92. The Balaban J connectivity index is 1.08. The molecule has 1 N–H and O–H groups in total. The van der Waals surface area contributed by atoms with Crippen molar-refractivity contribution >= 4 is 17.0 Å². The van der Waals surface area contributed by atoms with Gasteiger partial charge in [-0.15, -0.1) is 0 Å². The molecule has 3 aliphatic rings. The number of piperidine rings is 1. The Bertz CT molecular complexity index is 1710. The molecule has 4 heterocycles. The fourth-order valence-electron chi connectivity index (χ4n) is 6.22. The van der Waals surface area contributed by atoms with Gasteiger partial charge in [0.05, 0.1) is 53.1 Å². The molecule has 0 spiro atoms. The Morgan fingerprint density at radius 2 is 2.10 bits per heavy atom. The van der Waals surface area contributed by atoms with Crippen molar-refractivity contribution in [2.24, 2.45) is 5.92 Å². The van der Waals surface area contributed by atoms with E-state index in [0.717, 1.165) is 55.1 Å². The van der Waals surface area contributed by atoms with E-state index < -0.39 is 11.8 Å². The van der Waals surface area contributed by atoms with Crippen LogP contribution in [0.5, 0.6) is 5.88 Å². The fraction of sp³-hybridized carbons (Fsp3) is 0.355. The number of hydrogen-bond donors (Lipinski definition) is 1. The van der Waals surface area contributed by atoms with Gasteiger partial charge in [-0.1, -0.05) is 12.1 Å². The summed E-state index contributed by atoms with van der Waals surface area (Å²) >= 11 is 0. The number of benzene rings is 2. The van der Waals surface area contributed by atoms with Crippen molar-refractivity contribution in [1.82, 2.24) is 19.4 Å². The molecule has 208 valence electrons. The number of fused-ring (bicyclic) bond motifs is 2. The molecule has 4 aromatic rings. The molecule has 9 nitrogen and oxygen atoms in total. The van der Waals surface area contributed by atoms with Crippen LogP contribution in [0.1, 0.15) is 45.8 Å². The van der Waals surface area contributed by atoms with E-state index in [4.69, 9.17) is 24.7 Å². The highest BCUT2D eigenvalue weighted by Gasteiger charge is 2.61. The number of aromatic nitrogens is 3. The average Bonchev–Trinajstić information content (AvgIpc) is 3.35. The lowest BCUT2D eigenvalue weighted by Crippen LogP contribution is -2.33. The summed E-state index contributed by atoms with van der Waals surface area (Å²) in [5.74, 6) is 0.405. The predicted molar refractivity (Wildman–Crippen MR) is 146 cm³/mol. The summed E-state index contributed by atoms with van der Waals surface area (Å²) in [4.78, 5) is 23.7. The Morgan fingerprint density at radius 1 is 1.22 bits per heavy atom. The van der Waals surface area contributed by atoms with Crippen molar-refractivity contribution in [3.63, 3.8) is 0 Å². The minimum absolute atomic E-state index is 0.0288. The van der Waals surface area contributed by atoms with Crippen LogP contribution in [0.15, 0.2) is 54.6 Å². The molecule has 0 amide bonds. The number of ether oxygens (including phenoxy) is 2. The SMILES string of the molecule is N#Cc1ccc(COc2cccc(C34CC3CN(Cc3nc5ccc(C(=O)O)cc5n3C[C@@H]3CCO3)C4)n2)c(F)c1. The van der Waals surface area contributed by atoms with Crippen LogP contribution >= 0.6 is 0 Å². The summed E-state index contributed by atoms with van der Waals surface area (Å²) in [5.41, 5.74) is 3.42. The Labute approximate surface area is 235 Å². The van der Waals surface area contributed by atoms with Gasteiger partial charge >= 0.3 is 5.97 Å². The van der Waals surface area contributed by atoms with Crippen LogP contribution in [-0.4, -0.2) is 56.3 Å². The summed E-state index contributed by atoms with van der Waals surface area (Å²) in [5, 5.41) is 18.5. The smallest absolute Gasteiger partial charge is 0.335 e. The van der Waals surface area contributed by atoms with Crippen LogP contribution in [-0.2, 0) is 29.8 Å². The predicted octanol–water partition coefficient (Wildman–Crippen LogP) is 4.28. The molecule has 7 rings (SSSR count). The molecule has 2 unspecified atom stereocenters. The van der Waals surface area contributed by atoms with Crippen molar-refractivity contribution < 1.29 is 23.8 Å². The van der Waals surface area contributed by atoms with Crippen LogP contribution in [0.25, 0.3) is 11.0 Å². The van der Waals surface area contributed by atoms with E-state index in [9.17, 15) is 14.3 Å². The minimum atomic E-state index is -0.955. The number of likely N-dealkylation sites (tertiary alicyclic amines) is 1. The molecule has 0 bridgehead atoms. The fourth-order valence-corrected chi connectivity index (χ4v) is 6.22. The van der Waals surface area contributed by atoms with Gasteiger partial charge in [-0.25, -0.2) is 19.2 Å². The van der Waals surface area contributed by atoms with Gasteiger partial charge in [-0.05, 0) is 55.2 Å². The number of rotatable bonds is 9. The quantitative estimate of drug-likeness (QED) is 0.327. The van der Waals surface area contributed by atoms with Crippen LogP contribution in [0.4, 0.5) is 4.39 Å². The monoisotopic (exact) mass is 553 g/mol. The van der Waals surface area contributed by atoms with Gasteiger partial charge in [0.1, 0.15) is 18.2 Å². The van der Waals surface area contributed by atoms with Crippen molar-refractivity contribution in [1.29, 1.82) is 5.26 Å². The van der Waals surface area contributed by atoms with Crippen molar-refractivity contribution in [2.75, 3.05) is 19.7 Å². The van der Waals surface area contributed by atoms with E-state index >= 15 is 0 Å². The number of aromatic carboxylic acids is 1. The maximum atomic E-state index is 14.3. The summed E-state index contributed by atoms with van der Waals surface area (Å²) in [6.45, 7) is 3.84. The summed E-state index contributed by atoms with van der Waals surface area (Å²) in [6, 6.07) is 17.1. The number of hydrogen-bond acceptors (Lipinski definition) is 7. The van der Waals surface area contributed by atoms with Gasteiger partial charge in [0.25, 0.3) is 0 Å². The third kappa shape index (κ3) is 4.71. The number of halogens is 1. The molecule has 0 radical (unpaired) electrons.